The minimum Gasteiger partial charge on any atom is -0.327 e. The minimum absolute atomic E-state index is 0.168. The van der Waals surface area contributed by atoms with E-state index in [-0.39, 0.29) is 11.5 Å². The summed E-state index contributed by atoms with van der Waals surface area (Å²) in [4.78, 5) is 30.4. The number of hydrogen-bond acceptors (Lipinski definition) is 4. The van der Waals surface area contributed by atoms with E-state index in [1.165, 1.54) is 17.5 Å². The van der Waals surface area contributed by atoms with Gasteiger partial charge in [0.1, 0.15) is 0 Å². The van der Waals surface area contributed by atoms with Crippen molar-refractivity contribution in [3.05, 3.63) is 68.9 Å². The van der Waals surface area contributed by atoms with Gasteiger partial charge in [0.05, 0.1) is 11.4 Å². The standard InChI is InChI=1S/C16H13N3O2S/c1-10-7-12(8-17-14(10)20)18-15(21)16-19-13(9-22-16)11-5-3-2-4-6-11/h2-9H,1H3,(H,17,20)(H,18,21). The quantitative estimate of drug-likeness (QED) is 0.780. The van der Waals surface area contributed by atoms with Gasteiger partial charge in [-0.25, -0.2) is 4.98 Å². The first-order chi connectivity index (χ1) is 10.6. The molecule has 0 aliphatic rings. The van der Waals surface area contributed by atoms with Gasteiger partial charge in [0.15, 0.2) is 5.01 Å². The Morgan fingerprint density at radius 2 is 2.05 bits per heavy atom. The lowest BCUT2D eigenvalue weighted by molar-refractivity contribution is 0.102. The molecule has 3 aromatic rings. The number of thiazole rings is 1. The molecule has 0 aliphatic heterocycles. The first-order valence-electron chi connectivity index (χ1n) is 6.65. The maximum atomic E-state index is 12.2. The van der Waals surface area contributed by atoms with Gasteiger partial charge >= 0.3 is 0 Å². The summed E-state index contributed by atoms with van der Waals surface area (Å²) in [6.45, 7) is 1.69. The highest BCUT2D eigenvalue weighted by atomic mass is 32.1. The number of rotatable bonds is 3. The van der Waals surface area contributed by atoms with Crippen molar-refractivity contribution in [1.82, 2.24) is 9.97 Å². The summed E-state index contributed by atoms with van der Waals surface area (Å²) in [5, 5.41) is 4.96. The van der Waals surface area contributed by atoms with Crippen molar-refractivity contribution < 1.29 is 4.79 Å². The number of nitrogens with one attached hydrogen (secondary N) is 2. The predicted octanol–water partition coefficient (Wildman–Crippen LogP) is 3.06. The van der Waals surface area contributed by atoms with Crippen LogP contribution in [0.5, 0.6) is 0 Å². The molecule has 22 heavy (non-hydrogen) atoms. The normalized spacial score (nSPS) is 10.4. The van der Waals surface area contributed by atoms with Gasteiger partial charge < -0.3 is 10.3 Å². The summed E-state index contributed by atoms with van der Waals surface area (Å²) in [6, 6.07) is 11.3. The number of nitrogens with zero attached hydrogens (tertiary/aromatic N) is 1. The molecule has 2 aromatic heterocycles. The van der Waals surface area contributed by atoms with E-state index in [2.05, 4.69) is 15.3 Å². The molecule has 1 amide bonds. The van der Waals surface area contributed by atoms with Crippen LogP contribution in [0.2, 0.25) is 0 Å². The van der Waals surface area contributed by atoms with Crippen LogP contribution in [-0.4, -0.2) is 15.9 Å². The number of anilines is 1. The molecule has 6 heteroatoms. The van der Waals surface area contributed by atoms with E-state index in [1.807, 2.05) is 35.7 Å². The third kappa shape index (κ3) is 2.96. The number of carbonyl (C=O) groups is 1. The molecule has 2 N–H and O–H groups in total. The van der Waals surface area contributed by atoms with Gasteiger partial charge in [-0.2, -0.15) is 0 Å². The van der Waals surface area contributed by atoms with Crippen LogP contribution < -0.4 is 10.9 Å². The smallest absolute Gasteiger partial charge is 0.284 e. The molecule has 0 bridgehead atoms. The fourth-order valence-electron chi connectivity index (χ4n) is 1.97. The second-order valence-corrected chi connectivity index (χ2v) is 5.62. The van der Waals surface area contributed by atoms with Gasteiger partial charge in [0, 0.05) is 22.7 Å². The Morgan fingerprint density at radius 1 is 1.27 bits per heavy atom. The molecule has 0 radical (unpaired) electrons. The van der Waals surface area contributed by atoms with Crippen LogP contribution in [0.15, 0.2) is 52.8 Å². The first-order valence-corrected chi connectivity index (χ1v) is 7.53. The van der Waals surface area contributed by atoms with Gasteiger partial charge in [-0.1, -0.05) is 30.3 Å². The number of carbonyl (C=O) groups excluding carboxylic acids is 1. The van der Waals surface area contributed by atoms with E-state index < -0.39 is 0 Å². The molecule has 5 nitrogen and oxygen atoms in total. The summed E-state index contributed by atoms with van der Waals surface area (Å²) >= 11 is 1.28. The number of benzene rings is 1. The lowest BCUT2D eigenvalue weighted by Gasteiger charge is -2.03. The van der Waals surface area contributed by atoms with Crippen molar-refractivity contribution in [3.63, 3.8) is 0 Å². The molecule has 0 fully saturated rings. The molecular formula is C16H13N3O2S. The predicted molar refractivity (Wildman–Crippen MR) is 87.3 cm³/mol. The zero-order valence-corrected chi connectivity index (χ0v) is 12.6. The van der Waals surface area contributed by atoms with Gasteiger partial charge in [0.2, 0.25) is 0 Å². The van der Waals surface area contributed by atoms with Gasteiger partial charge in [-0.15, -0.1) is 11.3 Å². The molecule has 0 unspecified atom stereocenters. The number of aromatic amines is 1. The van der Waals surface area contributed by atoms with Gasteiger partial charge in [-0.3, -0.25) is 9.59 Å². The molecule has 0 saturated heterocycles. The Morgan fingerprint density at radius 3 is 2.77 bits per heavy atom. The summed E-state index contributed by atoms with van der Waals surface area (Å²) < 4.78 is 0. The highest BCUT2D eigenvalue weighted by molar-refractivity contribution is 7.12. The SMILES string of the molecule is Cc1cc(NC(=O)c2nc(-c3ccccc3)cs2)c[nH]c1=O. The molecule has 3 rings (SSSR count). The Bertz CT molecular complexity index is 868. The van der Waals surface area contributed by atoms with Crippen LogP contribution in [0, 0.1) is 6.92 Å². The van der Waals surface area contributed by atoms with Crippen molar-refractivity contribution in [2.45, 2.75) is 6.92 Å². The zero-order valence-electron chi connectivity index (χ0n) is 11.8. The maximum absolute atomic E-state index is 12.2. The number of aryl methyl sites for hydroxylation is 1. The lowest BCUT2D eigenvalue weighted by Crippen LogP contribution is -2.15. The Kier molecular flexibility index (Phi) is 3.84. The highest BCUT2D eigenvalue weighted by Crippen LogP contribution is 2.22. The molecule has 0 atom stereocenters. The Balaban J connectivity index is 1.80. The van der Waals surface area contributed by atoms with E-state index in [4.69, 9.17) is 0 Å². The summed E-state index contributed by atoms with van der Waals surface area (Å²) in [6.07, 6.45) is 1.47. The summed E-state index contributed by atoms with van der Waals surface area (Å²) in [7, 11) is 0. The second kappa shape index (κ2) is 5.95. The zero-order chi connectivity index (χ0) is 15.5. The largest absolute Gasteiger partial charge is 0.327 e. The molecular weight excluding hydrogens is 298 g/mol. The second-order valence-electron chi connectivity index (χ2n) is 4.76. The number of amides is 1. The van der Waals surface area contributed by atoms with Crippen molar-refractivity contribution in [3.8, 4) is 11.3 Å². The number of H-pyrrole nitrogens is 1. The van der Waals surface area contributed by atoms with Crippen molar-refractivity contribution in [2.75, 3.05) is 5.32 Å². The molecule has 0 saturated carbocycles. The fourth-order valence-corrected chi connectivity index (χ4v) is 2.70. The van der Waals surface area contributed by atoms with Crippen molar-refractivity contribution >= 4 is 22.9 Å². The number of aromatic nitrogens is 2. The number of pyridine rings is 1. The summed E-state index contributed by atoms with van der Waals surface area (Å²) in [5.74, 6) is -0.293. The third-order valence-corrected chi connectivity index (χ3v) is 3.96. The fraction of sp³-hybridized carbons (Fsp3) is 0.0625. The van der Waals surface area contributed by atoms with Crippen LogP contribution in [0.4, 0.5) is 5.69 Å². The van der Waals surface area contributed by atoms with Gasteiger partial charge in [0.25, 0.3) is 11.5 Å². The third-order valence-electron chi connectivity index (χ3n) is 3.11. The van der Waals surface area contributed by atoms with Crippen LogP contribution in [-0.2, 0) is 0 Å². The monoisotopic (exact) mass is 311 g/mol. The number of hydrogen-bond donors (Lipinski definition) is 2. The molecule has 2 heterocycles. The topological polar surface area (TPSA) is 74.8 Å². The van der Waals surface area contributed by atoms with E-state index in [9.17, 15) is 9.59 Å². The average Bonchev–Trinajstić information content (AvgIpc) is 3.02. The maximum Gasteiger partial charge on any atom is 0.284 e. The highest BCUT2D eigenvalue weighted by Gasteiger charge is 2.12. The first kappa shape index (κ1) is 14.2. The minimum atomic E-state index is -0.293. The van der Waals surface area contributed by atoms with Crippen LogP contribution >= 0.6 is 11.3 Å². The van der Waals surface area contributed by atoms with Crippen LogP contribution in [0.3, 0.4) is 0 Å². The average molecular weight is 311 g/mol. The summed E-state index contributed by atoms with van der Waals surface area (Å²) in [5.41, 5.74) is 2.66. The van der Waals surface area contributed by atoms with E-state index in [0.717, 1.165) is 11.3 Å². The molecule has 110 valence electrons. The van der Waals surface area contributed by atoms with Crippen LogP contribution in [0.25, 0.3) is 11.3 Å². The van der Waals surface area contributed by atoms with E-state index in [1.54, 1.807) is 13.0 Å². The molecule has 1 aromatic carbocycles. The molecule has 0 aliphatic carbocycles. The van der Waals surface area contributed by atoms with E-state index in [0.29, 0.717) is 16.3 Å². The van der Waals surface area contributed by atoms with E-state index >= 15 is 0 Å². The Hall–Kier alpha value is -2.73. The van der Waals surface area contributed by atoms with Gasteiger partial charge in [-0.05, 0) is 13.0 Å². The lowest BCUT2D eigenvalue weighted by atomic mass is 10.2. The van der Waals surface area contributed by atoms with Crippen molar-refractivity contribution in [2.24, 2.45) is 0 Å². The van der Waals surface area contributed by atoms with Crippen molar-refractivity contribution in [1.29, 1.82) is 0 Å². The molecule has 0 spiro atoms. The van der Waals surface area contributed by atoms with Crippen LogP contribution in [0.1, 0.15) is 15.4 Å². The Labute approximate surface area is 130 Å².